The van der Waals surface area contributed by atoms with Crippen molar-refractivity contribution in [2.45, 2.75) is 20.3 Å². The summed E-state index contributed by atoms with van der Waals surface area (Å²) in [7, 11) is 0. The molecule has 0 saturated heterocycles. The van der Waals surface area contributed by atoms with E-state index in [0.717, 1.165) is 11.3 Å². The maximum atomic E-state index is 11.3. The fraction of sp³-hybridized carbons (Fsp3) is 0.455. The van der Waals surface area contributed by atoms with E-state index >= 15 is 0 Å². The third kappa shape index (κ3) is 4.32. The van der Waals surface area contributed by atoms with Crippen LogP contribution in [0.5, 0.6) is 0 Å². The van der Waals surface area contributed by atoms with Gasteiger partial charge in [0, 0.05) is 26.4 Å². The van der Waals surface area contributed by atoms with Crippen molar-refractivity contribution in [3.8, 4) is 0 Å². The molecule has 7 nitrogen and oxygen atoms in total. The number of carboxylic acid groups (broad SMARTS) is 1. The van der Waals surface area contributed by atoms with Crippen LogP contribution in [0.2, 0.25) is 0 Å². The van der Waals surface area contributed by atoms with Gasteiger partial charge in [0.05, 0.1) is 0 Å². The Balaban J connectivity index is 2.65. The Bertz CT molecular complexity index is 467. The van der Waals surface area contributed by atoms with Gasteiger partial charge in [0.1, 0.15) is 4.88 Å². The summed E-state index contributed by atoms with van der Waals surface area (Å²) >= 11 is 0.977. The summed E-state index contributed by atoms with van der Waals surface area (Å²) in [5.74, 6) is -1.68. The fourth-order valence-electron chi connectivity index (χ4n) is 1.35. The maximum absolute atomic E-state index is 11.3. The molecule has 3 N–H and O–H groups in total. The van der Waals surface area contributed by atoms with Crippen LogP contribution in [0.25, 0.3) is 0 Å². The topological polar surface area (TPSA) is 108 Å². The number of carboxylic acids is 1. The highest BCUT2D eigenvalue weighted by Gasteiger charge is 2.20. The van der Waals surface area contributed by atoms with Crippen molar-refractivity contribution in [2.24, 2.45) is 0 Å². The van der Waals surface area contributed by atoms with Gasteiger partial charge >= 0.3 is 5.97 Å². The molecular formula is C11H15N3O4S. The molecule has 1 aromatic rings. The Morgan fingerprint density at radius 3 is 2.53 bits per heavy atom. The molecule has 0 aliphatic carbocycles. The second-order valence-corrected chi connectivity index (χ2v) is 4.69. The highest BCUT2D eigenvalue weighted by atomic mass is 32.1. The van der Waals surface area contributed by atoms with Gasteiger partial charge in [-0.25, -0.2) is 9.78 Å². The van der Waals surface area contributed by atoms with Crippen molar-refractivity contribution in [3.05, 3.63) is 10.6 Å². The zero-order chi connectivity index (χ0) is 14.4. The van der Waals surface area contributed by atoms with Gasteiger partial charge in [-0.05, 0) is 6.92 Å². The van der Waals surface area contributed by atoms with Crippen LogP contribution in [-0.2, 0) is 4.79 Å². The molecule has 1 heterocycles. The molecule has 0 aliphatic heterocycles. The Morgan fingerprint density at radius 1 is 1.37 bits per heavy atom. The third-order valence-electron chi connectivity index (χ3n) is 2.15. The smallest absolute Gasteiger partial charge is 0.356 e. The number of hydrogen-bond donors (Lipinski definition) is 3. The predicted molar refractivity (Wildman–Crippen MR) is 70.9 cm³/mol. The lowest BCUT2D eigenvalue weighted by Crippen LogP contribution is -2.24. The highest BCUT2D eigenvalue weighted by molar-refractivity contribution is 7.17. The molecule has 1 rings (SSSR count). The number of carbonyl (C=O) groups is 3. The molecule has 0 fully saturated rings. The second-order valence-electron chi connectivity index (χ2n) is 3.69. The summed E-state index contributed by atoms with van der Waals surface area (Å²) in [6.45, 7) is 4.01. The molecule has 104 valence electrons. The molecule has 0 saturated carbocycles. The van der Waals surface area contributed by atoms with E-state index in [1.165, 1.54) is 6.92 Å². The average Bonchev–Trinajstić information content (AvgIpc) is 2.74. The van der Waals surface area contributed by atoms with Crippen molar-refractivity contribution in [1.29, 1.82) is 0 Å². The van der Waals surface area contributed by atoms with Crippen molar-refractivity contribution in [2.75, 3.05) is 18.4 Å². The zero-order valence-corrected chi connectivity index (χ0v) is 11.5. The summed E-state index contributed by atoms with van der Waals surface area (Å²) in [6, 6.07) is 0. The number of hydrogen-bond acceptors (Lipinski definition) is 6. The lowest BCUT2D eigenvalue weighted by molar-refractivity contribution is -0.120. The lowest BCUT2D eigenvalue weighted by atomic mass is 10.3. The van der Waals surface area contributed by atoms with E-state index in [1.807, 2.05) is 6.92 Å². The molecule has 19 heavy (non-hydrogen) atoms. The number of thiazole rings is 1. The Morgan fingerprint density at radius 2 is 2.05 bits per heavy atom. The van der Waals surface area contributed by atoms with E-state index in [1.54, 1.807) is 0 Å². The summed E-state index contributed by atoms with van der Waals surface area (Å²) in [5, 5.41) is 14.7. The van der Waals surface area contributed by atoms with Crippen LogP contribution >= 0.6 is 11.3 Å². The molecule has 1 aromatic heterocycles. The van der Waals surface area contributed by atoms with Gasteiger partial charge in [-0.15, -0.1) is 0 Å². The first kappa shape index (κ1) is 15.1. The van der Waals surface area contributed by atoms with Crippen LogP contribution in [0.15, 0.2) is 0 Å². The number of carbonyl (C=O) groups excluding carboxylic acids is 2. The third-order valence-corrected chi connectivity index (χ3v) is 3.27. The zero-order valence-electron chi connectivity index (χ0n) is 10.6. The van der Waals surface area contributed by atoms with Crippen molar-refractivity contribution < 1.29 is 19.5 Å². The summed E-state index contributed by atoms with van der Waals surface area (Å²) in [6.07, 6.45) is 0.255. The predicted octanol–water partition coefficient (Wildman–Crippen LogP) is 0.982. The monoisotopic (exact) mass is 285 g/mol. The fourth-order valence-corrected chi connectivity index (χ4v) is 2.23. The van der Waals surface area contributed by atoms with Crippen LogP contribution in [0.3, 0.4) is 0 Å². The second kappa shape index (κ2) is 6.83. The number of anilines is 1. The summed E-state index contributed by atoms with van der Waals surface area (Å²) < 4.78 is 0. The van der Waals surface area contributed by atoms with Crippen LogP contribution in [0.4, 0.5) is 5.13 Å². The minimum atomic E-state index is -1.24. The van der Waals surface area contributed by atoms with Crippen LogP contribution in [0.1, 0.15) is 40.4 Å². The van der Waals surface area contributed by atoms with Crippen molar-refractivity contribution in [3.63, 3.8) is 0 Å². The molecule has 0 spiro atoms. The number of aromatic carboxylic acids is 1. The molecule has 0 radical (unpaired) electrons. The van der Waals surface area contributed by atoms with E-state index in [-0.39, 0.29) is 28.7 Å². The summed E-state index contributed by atoms with van der Waals surface area (Å²) in [5.41, 5.74) is -0.252. The Kier molecular flexibility index (Phi) is 5.43. The van der Waals surface area contributed by atoms with Gasteiger partial charge < -0.3 is 15.7 Å². The van der Waals surface area contributed by atoms with E-state index in [2.05, 4.69) is 15.6 Å². The standard InChI is InChI=1S/C11H15N3O4S/c1-3-12-7(16)4-5-13-11-14-8(10(17)18)9(19-11)6(2)15/h3-5H2,1-2H3,(H,12,16)(H,13,14)(H,17,18). The van der Waals surface area contributed by atoms with Crippen molar-refractivity contribution in [1.82, 2.24) is 10.3 Å². The van der Waals surface area contributed by atoms with Crippen LogP contribution in [0, 0.1) is 0 Å². The number of rotatable bonds is 7. The number of ketones is 1. The number of Topliss-reactive ketones (excluding diaryl/α,β-unsaturated/α-hetero) is 1. The molecule has 0 atom stereocenters. The Labute approximate surface area is 114 Å². The van der Waals surface area contributed by atoms with E-state index in [0.29, 0.717) is 18.2 Å². The molecule has 0 unspecified atom stereocenters. The molecule has 0 aliphatic rings. The largest absolute Gasteiger partial charge is 0.476 e. The molecule has 0 bridgehead atoms. The lowest BCUT2D eigenvalue weighted by Gasteiger charge is -2.02. The van der Waals surface area contributed by atoms with Gasteiger partial charge in [0.25, 0.3) is 0 Å². The molecule has 1 amide bonds. The quantitative estimate of drug-likeness (QED) is 0.644. The highest BCUT2D eigenvalue weighted by Crippen LogP contribution is 2.23. The van der Waals surface area contributed by atoms with Gasteiger partial charge in [-0.2, -0.15) is 0 Å². The first-order chi connectivity index (χ1) is 8.95. The SMILES string of the molecule is CCNC(=O)CCNc1nc(C(=O)O)c(C(C)=O)s1. The molecule has 0 aromatic carbocycles. The average molecular weight is 285 g/mol. The van der Waals surface area contributed by atoms with Gasteiger partial charge in [-0.1, -0.05) is 11.3 Å². The number of nitrogens with zero attached hydrogens (tertiary/aromatic N) is 1. The van der Waals surface area contributed by atoms with Crippen LogP contribution in [-0.4, -0.2) is 40.8 Å². The first-order valence-electron chi connectivity index (χ1n) is 5.71. The van der Waals surface area contributed by atoms with Crippen LogP contribution < -0.4 is 10.6 Å². The normalized spacial score (nSPS) is 10.0. The first-order valence-corrected chi connectivity index (χ1v) is 6.53. The number of nitrogens with one attached hydrogen (secondary N) is 2. The van der Waals surface area contributed by atoms with E-state index < -0.39 is 5.97 Å². The minimum Gasteiger partial charge on any atom is -0.476 e. The van der Waals surface area contributed by atoms with Gasteiger partial charge in [0.2, 0.25) is 5.91 Å². The van der Waals surface area contributed by atoms with E-state index in [9.17, 15) is 14.4 Å². The summed E-state index contributed by atoms with van der Waals surface area (Å²) in [4.78, 5) is 37.3. The molecule has 8 heteroatoms. The minimum absolute atomic E-state index is 0.100. The maximum Gasteiger partial charge on any atom is 0.356 e. The number of aromatic nitrogens is 1. The van der Waals surface area contributed by atoms with E-state index in [4.69, 9.17) is 5.11 Å². The van der Waals surface area contributed by atoms with Gasteiger partial charge in [0.15, 0.2) is 16.6 Å². The van der Waals surface area contributed by atoms with Gasteiger partial charge in [-0.3, -0.25) is 9.59 Å². The Hall–Kier alpha value is -1.96. The molecular weight excluding hydrogens is 270 g/mol. The number of amides is 1. The van der Waals surface area contributed by atoms with Crippen molar-refractivity contribution >= 4 is 34.1 Å².